The quantitative estimate of drug-likeness (QED) is 0.449. The number of ether oxygens (including phenoxy) is 2. The fourth-order valence-electron chi connectivity index (χ4n) is 3.28. The zero-order valence-corrected chi connectivity index (χ0v) is 22.0. The fraction of sp³-hybridized carbons (Fsp3) is 0.708. The van der Waals surface area contributed by atoms with Gasteiger partial charge in [0, 0.05) is 11.3 Å². The summed E-state index contributed by atoms with van der Waals surface area (Å²) in [7, 11) is -1.98. The van der Waals surface area contributed by atoms with Gasteiger partial charge in [-0.3, -0.25) is 4.90 Å². The minimum Gasteiger partial charge on any atom is -0.444 e. The van der Waals surface area contributed by atoms with Gasteiger partial charge in [-0.05, 0) is 63.9 Å². The summed E-state index contributed by atoms with van der Waals surface area (Å²) in [6, 6.07) is 4.48. The van der Waals surface area contributed by atoms with Crippen LogP contribution in [-0.4, -0.2) is 56.8 Å². The van der Waals surface area contributed by atoms with Crippen LogP contribution < -0.4 is 5.73 Å². The minimum absolute atomic E-state index is 0.0709. The second-order valence-corrected chi connectivity index (χ2v) is 16.0. The van der Waals surface area contributed by atoms with Crippen LogP contribution in [0.4, 0.5) is 14.9 Å². The number of carbonyl (C=O) groups excluding carboxylic acids is 1. The largest absolute Gasteiger partial charge is 0.444 e. The Morgan fingerprint density at radius 2 is 1.91 bits per heavy atom. The number of nitrogen functional groups attached to an aromatic ring is 1. The zero-order chi connectivity index (χ0) is 24.3. The third-order valence-electron chi connectivity index (χ3n) is 6.31. The molecule has 1 aliphatic heterocycles. The Balaban J connectivity index is 2.09. The fourth-order valence-corrected chi connectivity index (χ4v) is 4.32. The molecular weight excluding hydrogens is 427 g/mol. The SMILES string of the molecule is CC(C)(C)OC(=O)N1C[C@@H](CCc2c(N)cccc2F)OC[C@H]1CO[Si](C)(C)C(C)(C)C. The van der Waals surface area contributed by atoms with Crippen molar-refractivity contribution in [2.45, 2.75) is 90.3 Å². The highest BCUT2D eigenvalue weighted by molar-refractivity contribution is 6.74. The van der Waals surface area contributed by atoms with Gasteiger partial charge < -0.3 is 19.6 Å². The van der Waals surface area contributed by atoms with Crippen LogP contribution >= 0.6 is 0 Å². The van der Waals surface area contributed by atoms with Crippen LogP contribution in [0.2, 0.25) is 18.1 Å². The Morgan fingerprint density at radius 1 is 1.25 bits per heavy atom. The van der Waals surface area contributed by atoms with Crippen molar-refractivity contribution in [3.63, 3.8) is 0 Å². The molecule has 1 saturated heterocycles. The number of rotatable bonds is 6. The lowest BCUT2D eigenvalue weighted by Gasteiger charge is -2.43. The third kappa shape index (κ3) is 7.18. The smallest absolute Gasteiger partial charge is 0.410 e. The van der Waals surface area contributed by atoms with Crippen LogP contribution in [-0.2, 0) is 20.3 Å². The van der Waals surface area contributed by atoms with E-state index in [2.05, 4.69) is 33.9 Å². The average Bonchev–Trinajstić information content (AvgIpc) is 2.64. The Bertz CT molecular complexity index is 769. The van der Waals surface area contributed by atoms with Gasteiger partial charge >= 0.3 is 6.09 Å². The Morgan fingerprint density at radius 3 is 2.47 bits per heavy atom. The van der Waals surface area contributed by atoms with Crippen molar-refractivity contribution < 1.29 is 23.1 Å². The summed E-state index contributed by atoms with van der Waals surface area (Å²) in [4.78, 5) is 14.7. The van der Waals surface area contributed by atoms with E-state index in [0.717, 1.165) is 0 Å². The lowest BCUT2D eigenvalue weighted by atomic mass is 10.0. The van der Waals surface area contributed by atoms with Gasteiger partial charge in [-0.2, -0.15) is 0 Å². The number of halogens is 1. The Hall–Kier alpha value is -1.64. The molecule has 2 rings (SSSR count). The molecule has 0 radical (unpaired) electrons. The number of anilines is 1. The molecule has 0 saturated carbocycles. The van der Waals surface area contributed by atoms with Gasteiger partial charge in [0.25, 0.3) is 0 Å². The maximum absolute atomic E-state index is 14.1. The van der Waals surface area contributed by atoms with E-state index in [-0.39, 0.29) is 29.1 Å². The summed E-state index contributed by atoms with van der Waals surface area (Å²) >= 11 is 0. The molecule has 1 amide bonds. The summed E-state index contributed by atoms with van der Waals surface area (Å²) in [6.45, 7) is 17.6. The van der Waals surface area contributed by atoms with Gasteiger partial charge in [-0.15, -0.1) is 0 Å². The number of nitrogens with two attached hydrogens (primary N) is 1. The second-order valence-electron chi connectivity index (χ2n) is 11.2. The number of carbonyl (C=O) groups is 1. The van der Waals surface area contributed by atoms with Crippen LogP contribution in [0, 0.1) is 5.82 Å². The van der Waals surface area contributed by atoms with Crippen molar-refractivity contribution in [1.82, 2.24) is 4.90 Å². The van der Waals surface area contributed by atoms with Gasteiger partial charge in [0.2, 0.25) is 0 Å². The van der Waals surface area contributed by atoms with Crippen LogP contribution in [0.1, 0.15) is 53.5 Å². The first-order chi connectivity index (χ1) is 14.6. The molecule has 6 nitrogen and oxygen atoms in total. The lowest BCUT2D eigenvalue weighted by molar-refractivity contribution is -0.0809. The first-order valence-electron chi connectivity index (χ1n) is 11.4. The first-order valence-corrected chi connectivity index (χ1v) is 14.3. The van der Waals surface area contributed by atoms with Crippen LogP contribution in [0.15, 0.2) is 18.2 Å². The summed E-state index contributed by atoms with van der Waals surface area (Å²) in [5, 5.41) is 0.0709. The molecule has 1 aromatic rings. The second kappa shape index (κ2) is 10.1. The predicted molar refractivity (Wildman–Crippen MR) is 129 cm³/mol. The molecule has 1 heterocycles. The number of hydrogen-bond donors (Lipinski definition) is 1. The van der Waals surface area contributed by atoms with E-state index in [1.54, 1.807) is 17.0 Å². The van der Waals surface area contributed by atoms with Crippen molar-refractivity contribution in [3.8, 4) is 0 Å². The molecule has 1 aromatic carbocycles. The van der Waals surface area contributed by atoms with E-state index in [0.29, 0.717) is 43.9 Å². The molecule has 0 spiro atoms. The highest BCUT2D eigenvalue weighted by Gasteiger charge is 2.40. The average molecular weight is 469 g/mol. The van der Waals surface area contributed by atoms with E-state index >= 15 is 0 Å². The molecule has 0 unspecified atom stereocenters. The number of amides is 1. The zero-order valence-electron chi connectivity index (χ0n) is 21.0. The highest BCUT2D eigenvalue weighted by atomic mass is 28.4. The molecular formula is C24H41FN2O4Si. The molecule has 32 heavy (non-hydrogen) atoms. The van der Waals surface area contributed by atoms with Gasteiger partial charge in [-0.1, -0.05) is 26.8 Å². The van der Waals surface area contributed by atoms with Crippen molar-refractivity contribution in [1.29, 1.82) is 0 Å². The maximum Gasteiger partial charge on any atom is 0.410 e. The van der Waals surface area contributed by atoms with E-state index < -0.39 is 13.9 Å². The van der Waals surface area contributed by atoms with Crippen LogP contribution in [0.5, 0.6) is 0 Å². The normalized spacial score (nSPS) is 20.3. The van der Waals surface area contributed by atoms with Crippen molar-refractivity contribution >= 4 is 20.1 Å². The molecule has 182 valence electrons. The number of morpholine rings is 1. The van der Waals surface area contributed by atoms with E-state index in [1.165, 1.54) is 6.07 Å². The highest BCUT2D eigenvalue weighted by Crippen LogP contribution is 2.37. The molecule has 1 aliphatic rings. The Labute approximate surface area is 193 Å². The van der Waals surface area contributed by atoms with Crippen molar-refractivity contribution in [2.75, 3.05) is 25.5 Å². The molecule has 2 N–H and O–H groups in total. The Kier molecular flexibility index (Phi) is 8.39. The van der Waals surface area contributed by atoms with Gasteiger partial charge in [-0.25, -0.2) is 9.18 Å². The molecule has 1 fully saturated rings. The van der Waals surface area contributed by atoms with Gasteiger partial charge in [0.15, 0.2) is 8.32 Å². The van der Waals surface area contributed by atoms with E-state index in [9.17, 15) is 9.18 Å². The van der Waals surface area contributed by atoms with Crippen molar-refractivity contribution in [3.05, 3.63) is 29.6 Å². The van der Waals surface area contributed by atoms with Gasteiger partial charge in [0.05, 0.1) is 31.9 Å². The predicted octanol–water partition coefficient (Wildman–Crippen LogP) is 5.37. The lowest BCUT2D eigenvalue weighted by Crippen LogP contribution is -2.56. The molecule has 8 heteroatoms. The monoisotopic (exact) mass is 468 g/mol. The maximum atomic E-state index is 14.1. The van der Waals surface area contributed by atoms with Crippen LogP contribution in [0.25, 0.3) is 0 Å². The van der Waals surface area contributed by atoms with E-state index in [1.807, 2.05) is 20.8 Å². The summed E-state index contributed by atoms with van der Waals surface area (Å²) in [5.41, 5.74) is 6.27. The third-order valence-corrected chi connectivity index (χ3v) is 10.8. The summed E-state index contributed by atoms with van der Waals surface area (Å²) in [6.07, 6.45) is 0.391. The summed E-state index contributed by atoms with van der Waals surface area (Å²) in [5.74, 6) is -0.314. The molecule has 0 bridgehead atoms. The topological polar surface area (TPSA) is 74.0 Å². The number of hydrogen-bond acceptors (Lipinski definition) is 5. The molecule has 2 atom stereocenters. The molecule has 0 aliphatic carbocycles. The number of nitrogens with zero attached hydrogens (tertiary/aromatic N) is 1. The molecule has 0 aromatic heterocycles. The van der Waals surface area contributed by atoms with E-state index in [4.69, 9.17) is 19.6 Å². The summed E-state index contributed by atoms with van der Waals surface area (Å²) < 4.78 is 32.3. The first kappa shape index (κ1) is 26.6. The van der Waals surface area contributed by atoms with Gasteiger partial charge in [0.1, 0.15) is 11.4 Å². The van der Waals surface area contributed by atoms with Crippen molar-refractivity contribution in [2.24, 2.45) is 0 Å². The number of benzene rings is 1. The minimum atomic E-state index is -1.98. The van der Waals surface area contributed by atoms with Crippen LogP contribution in [0.3, 0.4) is 0 Å². The standard InChI is InChI=1S/C24H41FN2O4Si/c1-23(2,3)31-22(28)27-14-18(12-13-19-20(25)10-9-11-21(19)26)29-15-17(27)16-30-32(7,8)24(4,5)6/h9-11,17-18H,12-16,26H2,1-8H3/t17-,18+/m0/s1.